The van der Waals surface area contributed by atoms with Gasteiger partial charge in [-0.3, -0.25) is 4.98 Å². The SMILES string of the molecule is CN([C@H]1CC[C@@]2(CCO)C[C@H](c3ccccc3)C[C@](C)(O2)[C@@H]1O)S(=O)(=O)c1cccnc1. The van der Waals surface area contributed by atoms with Gasteiger partial charge in [0.1, 0.15) is 4.90 Å². The number of nitrogens with zero attached hydrogens (tertiary/aromatic N) is 2. The lowest BCUT2D eigenvalue weighted by atomic mass is 9.73. The Kier molecular flexibility index (Phi) is 6.44. The molecule has 1 aromatic carbocycles. The van der Waals surface area contributed by atoms with Gasteiger partial charge < -0.3 is 14.9 Å². The molecule has 0 spiro atoms. The van der Waals surface area contributed by atoms with Gasteiger partial charge in [-0.1, -0.05) is 30.3 Å². The van der Waals surface area contributed by atoms with Gasteiger partial charge in [-0.2, -0.15) is 4.31 Å². The molecule has 2 bridgehead atoms. The molecule has 0 radical (unpaired) electrons. The molecule has 0 saturated carbocycles. The highest BCUT2D eigenvalue weighted by Gasteiger charge is 2.56. The predicted molar refractivity (Wildman–Crippen MR) is 121 cm³/mol. The van der Waals surface area contributed by atoms with Crippen LogP contribution >= 0.6 is 0 Å². The molecule has 2 aliphatic rings. The van der Waals surface area contributed by atoms with Crippen molar-refractivity contribution in [3.63, 3.8) is 0 Å². The summed E-state index contributed by atoms with van der Waals surface area (Å²) in [6.45, 7) is 1.85. The molecule has 0 unspecified atom stereocenters. The first kappa shape index (κ1) is 23.3. The molecule has 4 rings (SSSR count). The van der Waals surface area contributed by atoms with E-state index in [0.717, 1.165) is 6.42 Å². The Hall–Kier alpha value is -1.84. The topological polar surface area (TPSA) is 100.0 Å². The van der Waals surface area contributed by atoms with Crippen molar-refractivity contribution >= 4 is 10.0 Å². The Labute approximate surface area is 190 Å². The van der Waals surface area contributed by atoms with Gasteiger partial charge in [-0.25, -0.2) is 8.42 Å². The molecule has 3 heterocycles. The first-order valence-electron chi connectivity index (χ1n) is 11.1. The van der Waals surface area contributed by atoms with E-state index in [9.17, 15) is 18.6 Å². The fraction of sp³-hybridized carbons (Fsp3) is 0.542. The number of hydrogen-bond acceptors (Lipinski definition) is 6. The number of pyridine rings is 1. The summed E-state index contributed by atoms with van der Waals surface area (Å²) >= 11 is 0. The molecular formula is C24H32N2O5S. The summed E-state index contributed by atoms with van der Waals surface area (Å²) in [6.07, 6.45) is 4.57. The molecule has 2 aliphatic heterocycles. The Morgan fingerprint density at radius 3 is 2.59 bits per heavy atom. The third-order valence-corrected chi connectivity index (χ3v) is 9.09. The fourth-order valence-corrected chi connectivity index (χ4v) is 6.92. The molecule has 7 nitrogen and oxygen atoms in total. The van der Waals surface area contributed by atoms with Gasteiger partial charge in [0.2, 0.25) is 10.0 Å². The van der Waals surface area contributed by atoms with Crippen molar-refractivity contribution in [1.82, 2.24) is 9.29 Å². The monoisotopic (exact) mass is 460 g/mol. The van der Waals surface area contributed by atoms with Gasteiger partial charge in [0.15, 0.2) is 0 Å². The normalized spacial score (nSPS) is 33.1. The number of fused-ring (bicyclic) bond motifs is 2. The molecule has 174 valence electrons. The van der Waals surface area contributed by atoms with Gasteiger partial charge in [0.25, 0.3) is 0 Å². The smallest absolute Gasteiger partial charge is 0.244 e. The number of benzene rings is 1. The minimum atomic E-state index is -3.84. The minimum absolute atomic E-state index is 0.0256. The second-order valence-electron chi connectivity index (χ2n) is 9.35. The van der Waals surface area contributed by atoms with Crippen LogP contribution in [0.2, 0.25) is 0 Å². The average molecular weight is 461 g/mol. The summed E-state index contributed by atoms with van der Waals surface area (Å²) in [6, 6.07) is 12.6. The highest BCUT2D eigenvalue weighted by Crippen LogP contribution is 2.51. The van der Waals surface area contributed by atoms with Crippen molar-refractivity contribution in [1.29, 1.82) is 0 Å². The third kappa shape index (κ3) is 4.22. The van der Waals surface area contributed by atoms with Crippen LogP contribution < -0.4 is 0 Å². The number of aliphatic hydroxyl groups is 2. The van der Waals surface area contributed by atoms with Gasteiger partial charge >= 0.3 is 0 Å². The maximum absolute atomic E-state index is 13.3. The molecular weight excluding hydrogens is 428 g/mol. The third-order valence-electron chi connectivity index (χ3n) is 7.22. The van der Waals surface area contributed by atoms with E-state index in [-0.39, 0.29) is 17.4 Å². The van der Waals surface area contributed by atoms with E-state index < -0.39 is 33.4 Å². The van der Waals surface area contributed by atoms with E-state index >= 15 is 0 Å². The van der Waals surface area contributed by atoms with Crippen LogP contribution in [0.25, 0.3) is 0 Å². The number of likely N-dealkylation sites (N-methyl/N-ethyl adjacent to an activating group) is 1. The first-order valence-corrected chi connectivity index (χ1v) is 12.6. The number of rotatable bonds is 6. The van der Waals surface area contributed by atoms with Gasteiger partial charge in [0, 0.05) is 26.0 Å². The number of ether oxygens (including phenoxy) is 1. The van der Waals surface area contributed by atoms with E-state index in [1.54, 1.807) is 6.07 Å². The lowest BCUT2D eigenvalue weighted by Crippen LogP contribution is -2.58. The largest absolute Gasteiger partial charge is 0.396 e. The highest BCUT2D eigenvalue weighted by atomic mass is 32.2. The molecule has 2 fully saturated rings. The number of sulfonamides is 1. The van der Waals surface area contributed by atoms with Crippen LogP contribution in [0.3, 0.4) is 0 Å². The van der Waals surface area contributed by atoms with Crippen molar-refractivity contribution in [2.45, 2.75) is 73.2 Å². The molecule has 0 aliphatic carbocycles. The molecule has 32 heavy (non-hydrogen) atoms. The van der Waals surface area contributed by atoms with Crippen LogP contribution in [0.1, 0.15) is 50.5 Å². The van der Waals surface area contributed by atoms with Gasteiger partial charge in [0.05, 0.1) is 23.3 Å². The molecule has 2 N–H and O–H groups in total. The standard InChI is InChI=1S/C24H32N2O5S/c1-23-15-19(18-7-4-3-5-8-18)16-24(31-23,12-14-27)11-10-21(22(23)28)26(2)32(29,30)20-9-6-13-25-17-20/h3-9,13,17,19,21-22,27-28H,10-12,14-16H2,1-2H3/t19-,21+,22-,23+,24-/m1/s1. The zero-order valence-electron chi connectivity index (χ0n) is 18.6. The predicted octanol–water partition coefficient (Wildman–Crippen LogP) is 2.70. The van der Waals surface area contributed by atoms with Crippen LogP contribution in [0.5, 0.6) is 0 Å². The molecule has 2 aromatic rings. The van der Waals surface area contributed by atoms with Crippen molar-refractivity contribution in [2.75, 3.05) is 13.7 Å². The number of aromatic nitrogens is 1. The van der Waals surface area contributed by atoms with Crippen molar-refractivity contribution in [3.8, 4) is 0 Å². The Morgan fingerprint density at radius 2 is 1.94 bits per heavy atom. The second kappa shape index (κ2) is 8.83. The zero-order valence-corrected chi connectivity index (χ0v) is 19.4. The minimum Gasteiger partial charge on any atom is -0.396 e. The van der Waals surface area contributed by atoms with Crippen LogP contribution in [-0.2, 0) is 14.8 Å². The number of hydrogen-bond donors (Lipinski definition) is 2. The van der Waals surface area contributed by atoms with Gasteiger partial charge in [-0.15, -0.1) is 0 Å². The molecule has 8 heteroatoms. The lowest BCUT2D eigenvalue weighted by Gasteiger charge is -2.50. The zero-order chi connectivity index (χ0) is 23.0. The maximum atomic E-state index is 13.3. The summed E-state index contributed by atoms with van der Waals surface area (Å²) in [4.78, 5) is 4.04. The van der Waals surface area contributed by atoms with Crippen molar-refractivity contribution in [3.05, 3.63) is 60.4 Å². The van der Waals surface area contributed by atoms with Crippen LogP contribution in [-0.4, -0.2) is 64.9 Å². The fourth-order valence-electron chi connectivity index (χ4n) is 5.57. The van der Waals surface area contributed by atoms with E-state index in [2.05, 4.69) is 17.1 Å². The van der Waals surface area contributed by atoms with Crippen molar-refractivity contribution in [2.24, 2.45) is 0 Å². The first-order chi connectivity index (χ1) is 15.2. The lowest BCUT2D eigenvalue weighted by molar-refractivity contribution is -0.225. The van der Waals surface area contributed by atoms with E-state index in [4.69, 9.17) is 4.74 Å². The molecule has 2 saturated heterocycles. The summed E-state index contributed by atoms with van der Waals surface area (Å²) in [5, 5.41) is 21.4. The summed E-state index contributed by atoms with van der Waals surface area (Å²) < 4.78 is 34.4. The summed E-state index contributed by atoms with van der Waals surface area (Å²) in [7, 11) is -2.32. The van der Waals surface area contributed by atoms with Crippen molar-refractivity contribution < 1.29 is 23.4 Å². The summed E-state index contributed by atoms with van der Waals surface area (Å²) in [5.74, 6) is 0.148. The number of aliphatic hydroxyl groups excluding tert-OH is 2. The Balaban J connectivity index is 1.70. The highest BCUT2D eigenvalue weighted by molar-refractivity contribution is 7.89. The van der Waals surface area contributed by atoms with Gasteiger partial charge in [-0.05, 0) is 62.6 Å². The van der Waals surface area contributed by atoms with Crippen LogP contribution in [0.15, 0.2) is 59.8 Å². The average Bonchev–Trinajstić information content (AvgIpc) is 2.86. The maximum Gasteiger partial charge on any atom is 0.244 e. The molecule has 0 amide bonds. The Morgan fingerprint density at radius 1 is 1.19 bits per heavy atom. The van der Waals surface area contributed by atoms with Crippen LogP contribution in [0.4, 0.5) is 0 Å². The van der Waals surface area contributed by atoms with E-state index in [1.165, 1.54) is 35.4 Å². The Bertz CT molecular complexity index is 1020. The van der Waals surface area contributed by atoms with Crippen LogP contribution in [0, 0.1) is 0 Å². The van der Waals surface area contributed by atoms with E-state index in [0.29, 0.717) is 25.7 Å². The second-order valence-corrected chi connectivity index (χ2v) is 11.3. The molecule has 5 atom stereocenters. The quantitative estimate of drug-likeness (QED) is 0.688. The summed E-state index contributed by atoms with van der Waals surface area (Å²) in [5.41, 5.74) is -0.392. The van der Waals surface area contributed by atoms with E-state index in [1.807, 2.05) is 25.1 Å². The molecule has 1 aromatic heterocycles.